The van der Waals surface area contributed by atoms with Gasteiger partial charge in [-0.3, -0.25) is 11.3 Å². The average Bonchev–Trinajstić information content (AvgIpc) is 2.23. The molecule has 0 fully saturated rings. The second-order valence-electron chi connectivity index (χ2n) is 4.11. The number of hydrogen-bond acceptors (Lipinski definition) is 2. The predicted octanol–water partition coefficient (Wildman–Crippen LogP) is 3.79. The van der Waals surface area contributed by atoms with Gasteiger partial charge in [0.25, 0.3) is 0 Å². The van der Waals surface area contributed by atoms with Crippen molar-refractivity contribution in [3.05, 3.63) is 33.0 Å². The van der Waals surface area contributed by atoms with Crippen LogP contribution >= 0.6 is 27.5 Å². The molecule has 1 aromatic carbocycles. The van der Waals surface area contributed by atoms with Crippen molar-refractivity contribution in [2.75, 3.05) is 0 Å². The maximum absolute atomic E-state index is 13.9. The van der Waals surface area contributed by atoms with Gasteiger partial charge in [-0.1, -0.05) is 31.5 Å². The van der Waals surface area contributed by atoms with Crippen LogP contribution in [-0.4, -0.2) is 0 Å². The van der Waals surface area contributed by atoms with E-state index in [-0.39, 0.29) is 11.1 Å². The largest absolute Gasteiger partial charge is 0.271 e. The fourth-order valence-corrected chi connectivity index (χ4v) is 2.04. The minimum Gasteiger partial charge on any atom is -0.271 e. The molecule has 0 saturated heterocycles. The van der Waals surface area contributed by atoms with E-state index >= 15 is 0 Å². The van der Waals surface area contributed by atoms with Gasteiger partial charge in [0.05, 0.1) is 5.02 Å². The maximum atomic E-state index is 13.9. The fraction of sp³-hybridized carbons (Fsp3) is 0.455. The van der Waals surface area contributed by atoms with Gasteiger partial charge in [-0.25, -0.2) is 4.39 Å². The molecule has 0 aromatic heterocycles. The third-order valence-corrected chi connectivity index (χ3v) is 3.61. The standard InChI is InChI=1S/C11H15BrClFN2/c1-6(2)5-9(16-15)7-3-4-8(12)10(13)11(7)14/h3-4,6,9,16H,5,15H2,1-2H3. The van der Waals surface area contributed by atoms with Crippen molar-refractivity contribution in [1.82, 2.24) is 5.43 Å². The van der Waals surface area contributed by atoms with E-state index in [1.54, 1.807) is 12.1 Å². The van der Waals surface area contributed by atoms with Crippen LogP contribution in [0.5, 0.6) is 0 Å². The Balaban J connectivity index is 3.06. The number of nitrogens with one attached hydrogen (secondary N) is 1. The second-order valence-corrected chi connectivity index (χ2v) is 5.35. The Morgan fingerprint density at radius 3 is 2.62 bits per heavy atom. The van der Waals surface area contributed by atoms with Crippen LogP contribution < -0.4 is 11.3 Å². The summed E-state index contributed by atoms with van der Waals surface area (Å²) in [7, 11) is 0. The lowest BCUT2D eigenvalue weighted by atomic mass is 9.97. The highest BCUT2D eigenvalue weighted by atomic mass is 79.9. The van der Waals surface area contributed by atoms with Crippen LogP contribution in [-0.2, 0) is 0 Å². The Labute approximate surface area is 108 Å². The summed E-state index contributed by atoms with van der Waals surface area (Å²) in [5, 5.41) is 0.0986. The van der Waals surface area contributed by atoms with Crippen LogP contribution in [0.15, 0.2) is 16.6 Å². The van der Waals surface area contributed by atoms with Gasteiger partial charge in [0.15, 0.2) is 0 Å². The number of benzene rings is 1. The quantitative estimate of drug-likeness (QED) is 0.504. The fourth-order valence-electron chi connectivity index (χ4n) is 1.57. The third-order valence-electron chi connectivity index (χ3n) is 2.35. The molecule has 0 radical (unpaired) electrons. The number of nitrogens with two attached hydrogens (primary N) is 1. The summed E-state index contributed by atoms with van der Waals surface area (Å²) in [6.45, 7) is 4.12. The topological polar surface area (TPSA) is 38.0 Å². The van der Waals surface area contributed by atoms with Crippen LogP contribution in [0.2, 0.25) is 5.02 Å². The van der Waals surface area contributed by atoms with Crippen molar-refractivity contribution in [3.8, 4) is 0 Å². The van der Waals surface area contributed by atoms with E-state index in [1.807, 2.05) is 0 Å². The van der Waals surface area contributed by atoms with Crippen LogP contribution in [0.3, 0.4) is 0 Å². The van der Waals surface area contributed by atoms with Crippen molar-refractivity contribution in [2.24, 2.45) is 11.8 Å². The van der Waals surface area contributed by atoms with Gasteiger partial charge < -0.3 is 0 Å². The summed E-state index contributed by atoms with van der Waals surface area (Å²) < 4.78 is 14.4. The zero-order valence-electron chi connectivity index (χ0n) is 9.23. The number of rotatable bonds is 4. The molecule has 0 saturated carbocycles. The molecule has 1 rings (SSSR count). The van der Waals surface area contributed by atoms with Crippen molar-refractivity contribution in [2.45, 2.75) is 26.3 Å². The Morgan fingerprint density at radius 1 is 1.50 bits per heavy atom. The van der Waals surface area contributed by atoms with Crippen molar-refractivity contribution >= 4 is 27.5 Å². The number of hydrogen-bond donors (Lipinski definition) is 2. The lowest BCUT2D eigenvalue weighted by molar-refractivity contribution is 0.423. The zero-order valence-corrected chi connectivity index (χ0v) is 11.6. The molecular weight excluding hydrogens is 294 g/mol. The molecule has 1 atom stereocenters. The molecule has 90 valence electrons. The van der Waals surface area contributed by atoms with Gasteiger partial charge in [-0.05, 0) is 34.3 Å². The van der Waals surface area contributed by atoms with Gasteiger partial charge >= 0.3 is 0 Å². The third kappa shape index (κ3) is 3.17. The second kappa shape index (κ2) is 5.96. The molecule has 16 heavy (non-hydrogen) atoms. The number of hydrazine groups is 1. The van der Waals surface area contributed by atoms with Crippen LogP contribution in [0.1, 0.15) is 31.9 Å². The SMILES string of the molecule is CC(C)CC(NN)c1ccc(Br)c(Cl)c1F. The Hall–Kier alpha value is -0.160. The van der Waals surface area contributed by atoms with E-state index in [1.165, 1.54) is 0 Å². The summed E-state index contributed by atoms with van der Waals surface area (Å²) in [6.07, 6.45) is 0.755. The molecule has 0 aliphatic heterocycles. The van der Waals surface area contributed by atoms with Gasteiger partial charge in [-0.2, -0.15) is 0 Å². The lowest BCUT2D eigenvalue weighted by Crippen LogP contribution is -2.29. The van der Waals surface area contributed by atoms with Gasteiger partial charge in [-0.15, -0.1) is 0 Å². The molecule has 0 bridgehead atoms. The maximum Gasteiger partial charge on any atom is 0.147 e. The highest BCUT2D eigenvalue weighted by Crippen LogP contribution is 2.32. The van der Waals surface area contributed by atoms with E-state index in [4.69, 9.17) is 17.4 Å². The molecule has 0 heterocycles. The van der Waals surface area contributed by atoms with Crippen LogP contribution in [0, 0.1) is 11.7 Å². The first-order valence-electron chi connectivity index (χ1n) is 5.06. The van der Waals surface area contributed by atoms with E-state index < -0.39 is 5.82 Å². The molecule has 1 unspecified atom stereocenters. The normalized spacial score (nSPS) is 13.2. The predicted molar refractivity (Wildman–Crippen MR) is 68.6 cm³/mol. The van der Waals surface area contributed by atoms with E-state index in [0.29, 0.717) is 16.0 Å². The van der Waals surface area contributed by atoms with Crippen LogP contribution in [0.4, 0.5) is 4.39 Å². The smallest absolute Gasteiger partial charge is 0.147 e. The van der Waals surface area contributed by atoms with E-state index in [9.17, 15) is 4.39 Å². The Bertz CT molecular complexity index is 371. The first-order chi connectivity index (χ1) is 7.47. The number of halogens is 3. The summed E-state index contributed by atoms with van der Waals surface area (Å²) in [4.78, 5) is 0. The summed E-state index contributed by atoms with van der Waals surface area (Å²) in [5.41, 5.74) is 3.13. The monoisotopic (exact) mass is 308 g/mol. The van der Waals surface area contributed by atoms with E-state index in [0.717, 1.165) is 6.42 Å². The molecule has 0 spiro atoms. The Morgan fingerprint density at radius 2 is 2.12 bits per heavy atom. The van der Waals surface area contributed by atoms with Crippen molar-refractivity contribution in [3.63, 3.8) is 0 Å². The molecule has 5 heteroatoms. The first kappa shape index (κ1) is 13.9. The molecule has 0 aliphatic carbocycles. The summed E-state index contributed by atoms with van der Waals surface area (Å²) in [5.74, 6) is 5.44. The highest BCUT2D eigenvalue weighted by molar-refractivity contribution is 9.10. The zero-order chi connectivity index (χ0) is 12.3. The summed E-state index contributed by atoms with van der Waals surface area (Å²) >= 11 is 9.01. The van der Waals surface area contributed by atoms with Crippen molar-refractivity contribution in [1.29, 1.82) is 0 Å². The first-order valence-corrected chi connectivity index (χ1v) is 6.24. The molecule has 2 nitrogen and oxygen atoms in total. The van der Waals surface area contributed by atoms with Gasteiger partial charge in [0, 0.05) is 16.1 Å². The Kier molecular flexibility index (Phi) is 5.18. The summed E-state index contributed by atoms with van der Waals surface area (Å²) in [6, 6.07) is 3.20. The molecule has 3 N–H and O–H groups in total. The minimum atomic E-state index is -0.417. The van der Waals surface area contributed by atoms with Crippen LogP contribution in [0.25, 0.3) is 0 Å². The average molecular weight is 310 g/mol. The molecule has 0 aliphatic rings. The lowest BCUT2D eigenvalue weighted by Gasteiger charge is -2.19. The van der Waals surface area contributed by atoms with Crippen molar-refractivity contribution < 1.29 is 4.39 Å². The van der Waals surface area contributed by atoms with E-state index in [2.05, 4.69) is 35.2 Å². The molecular formula is C11H15BrClFN2. The molecule has 1 aromatic rings. The highest BCUT2D eigenvalue weighted by Gasteiger charge is 2.18. The minimum absolute atomic E-state index is 0.0986. The van der Waals surface area contributed by atoms with Gasteiger partial charge in [0.1, 0.15) is 5.82 Å². The molecule has 0 amide bonds. The van der Waals surface area contributed by atoms with Gasteiger partial charge in [0.2, 0.25) is 0 Å².